The van der Waals surface area contributed by atoms with Crippen molar-refractivity contribution in [3.63, 3.8) is 0 Å². The van der Waals surface area contributed by atoms with Gasteiger partial charge in [0.2, 0.25) is 0 Å². The second-order valence-corrected chi connectivity index (χ2v) is 4.25. The summed E-state index contributed by atoms with van der Waals surface area (Å²) in [6.45, 7) is 1.99. The van der Waals surface area contributed by atoms with Gasteiger partial charge in [0, 0.05) is 12.1 Å². The smallest absolute Gasteiger partial charge is 0.307 e. The molecule has 106 valence electrons. The molecule has 0 radical (unpaired) electrons. The molecule has 0 aromatic carbocycles. The van der Waals surface area contributed by atoms with E-state index in [1.165, 1.54) is 0 Å². The number of ether oxygens (including phenoxy) is 1. The van der Waals surface area contributed by atoms with Crippen LogP contribution in [0.25, 0.3) is 0 Å². The van der Waals surface area contributed by atoms with Gasteiger partial charge in [0.15, 0.2) is 0 Å². The van der Waals surface area contributed by atoms with Gasteiger partial charge in [-0.1, -0.05) is 0 Å². The van der Waals surface area contributed by atoms with Crippen LogP contribution in [-0.2, 0) is 14.3 Å². The minimum absolute atomic E-state index is 0.0269. The van der Waals surface area contributed by atoms with Gasteiger partial charge in [0.05, 0.1) is 25.6 Å². The summed E-state index contributed by atoms with van der Waals surface area (Å²) in [5.41, 5.74) is 11.2. The first kappa shape index (κ1) is 16.8. The van der Waals surface area contributed by atoms with Crippen molar-refractivity contribution >= 4 is 11.9 Å². The highest BCUT2D eigenvalue weighted by Gasteiger charge is 2.18. The van der Waals surface area contributed by atoms with Crippen LogP contribution in [0.2, 0.25) is 0 Å². The molecule has 0 aromatic heterocycles. The summed E-state index contributed by atoms with van der Waals surface area (Å²) in [7, 11) is 0. The second-order valence-electron chi connectivity index (χ2n) is 4.25. The molecule has 7 heteroatoms. The number of rotatable bonds is 9. The maximum absolute atomic E-state index is 11.1. The first-order chi connectivity index (χ1) is 8.35. The lowest BCUT2D eigenvalue weighted by molar-refractivity contribution is -0.143. The number of esters is 1. The Kier molecular flexibility index (Phi) is 8.27. The third kappa shape index (κ3) is 8.91. The van der Waals surface area contributed by atoms with Crippen LogP contribution in [0, 0.1) is 0 Å². The molecule has 0 bridgehead atoms. The normalized spacial score (nSPS) is 15.8. The average molecular weight is 262 g/mol. The van der Waals surface area contributed by atoms with Gasteiger partial charge in [0.25, 0.3) is 0 Å². The van der Waals surface area contributed by atoms with E-state index in [1.54, 1.807) is 6.92 Å². The zero-order valence-corrected chi connectivity index (χ0v) is 10.5. The molecule has 6 N–H and O–H groups in total. The summed E-state index contributed by atoms with van der Waals surface area (Å²) in [5.74, 6) is -1.42. The van der Waals surface area contributed by atoms with Crippen molar-refractivity contribution in [2.24, 2.45) is 11.5 Å². The fourth-order valence-corrected chi connectivity index (χ4v) is 1.62. The Bertz CT molecular complexity index is 272. The molecule has 0 spiro atoms. The summed E-state index contributed by atoms with van der Waals surface area (Å²) >= 11 is 0. The van der Waals surface area contributed by atoms with E-state index in [0.717, 1.165) is 0 Å². The molecule has 0 aliphatic carbocycles. The maximum Gasteiger partial charge on any atom is 0.307 e. The highest BCUT2D eigenvalue weighted by molar-refractivity contribution is 5.70. The van der Waals surface area contributed by atoms with Crippen LogP contribution in [0.3, 0.4) is 0 Å². The van der Waals surface area contributed by atoms with Crippen molar-refractivity contribution in [3.05, 3.63) is 0 Å². The quantitative estimate of drug-likeness (QED) is 0.400. The average Bonchev–Trinajstić information content (AvgIpc) is 2.14. The van der Waals surface area contributed by atoms with E-state index in [0.29, 0.717) is 0 Å². The first-order valence-corrected chi connectivity index (χ1v) is 5.91. The van der Waals surface area contributed by atoms with Crippen molar-refractivity contribution in [1.82, 2.24) is 0 Å². The number of aliphatic carboxylic acids is 1. The third-order valence-corrected chi connectivity index (χ3v) is 2.32. The lowest BCUT2D eigenvalue weighted by atomic mass is 10.00. The monoisotopic (exact) mass is 262 g/mol. The Labute approximate surface area is 106 Å². The van der Waals surface area contributed by atoms with E-state index in [2.05, 4.69) is 0 Å². The number of carbonyl (C=O) groups excluding carboxylic acids is 1. The fraction of sp³-hybridized carbons (Fsp3) is 0.818. The summed E-state index contributed by atoms with van der Waals surface area (Å²) in [4.78, 5) is 21.5. The summed E-state index contributed by atoms with van der Waals surface area (Å²) in [6, 6.07) is -1.14. The number of carboxylic acid groups (broad SMARTS) is 1. The van der Waals surface area contributed by atoms with Crippen LogP contribution in [0.15, 0.2) is 0 Å². The molecule has 18 heavy (non-hydrogen) atoms. The topological polar surface area (TPSA) is 136 Å². The van der Waals surface area contributed by atoms with Gasteiger partial charge in [-0.3, -0.25) is 9.59 Å². The Morgan fingerprint density at radius 2 is 1.67 bits per heavy atom. The molecule has 0 aromatic rings. The minimum Gasteiger partial charge on any atom is -0.481 e. The van der Waals surface area contributed by atoms with Gasteiger partial charge in [-0.15, -0.1) is 0 Å². The number of hydrogen-bond acceptors (Lipinski definition) is 6. The zero-order chi connectivity index (χ0) is 14.1. The fourth-order valence-electron chi connectivity index (χ4n) is 1.62. The highest BCUT2D eigenvalue weighted by atomic mass is 16.5. The predicted molar refractivity (Wildman–Crippen MR) is 64.7 cm³/mol. The van der Waals surface area contributed by atoms with E-state index >= 15 is 0 Å². The molecule has 0 saturated carbocycles. The van der Waals surface area contributed by atoms with Crippen molar-refractivity contribution in [3.8, 4) is 0 Å². The number of hydrogen-bond donors (Lipinski definition) is 4. The van der Waals surface area contributed by atoms with Gasteiger partial charge in [0.1, 0.15) is 0 Å². The zero-order valence-electron chi connectivity index (χ0n) is 10.5. The molecule has 7 nitrogen and oxygen atoms in total. The Morgan fingerprint density at radius 1 is 1.17 bits per heavy atom. The van der Waals surface area contributed by atoms with Crippen LogP contribution >= 0.6 is 0 Å². The molecular formula is C11H22N2O5. The van der Waals surface area contributed by atoms with E-state index in [-0.39, 0.29) is 32.3 Å². The Balaban J connectivity index is 3.89. The lowest BCUT2D eigenvalue weighted by Gasteiger charge is -2.18. The SMILES string of the molecule is CCOC(=O)CC(N)CC(O)CC(N)CC(=O)O. The van der Waals surface area contributed by atoms with Crippen LogP contribution in [-0.4, -0.2) is 46.9 Å². The standard InChI is InChI=1S/C11H22N2O5/c1-2-18-11(17)6-8(13)4-9(14)3-7(12)5-10(15)16/h7-9,14H,2-6,12-13H2,1H3,(H,15,16). The molecule has 0 aliphatic rings. The Hall–Kier alpha value is -1.18. The molecule has 0 heterocycles. The van der Waals surface area contributed by atoms with Crippen LogP contribution in [0.1, 0.15) is 32.6 Å². The molecular weight excluding hydrogens is 240 g/mol. The largest absolute Gasteiger partial charge is 0.481 e. The number of aliphatic hydroxyl groups is 1. The third-order valence-electron chi connectivity index (χ3n) is 2.32. The molecule has 3 unspecified atom stereocenters. The molecule has 0 amide bonds. The second kappa shape index (κ2) is 8.84. The molecule has 0 fully saturated rings. The molecule has 3 atom stereocenters. The van der Waals surface area contributed by atoms with Crippen LogP contribution < -0.4 is 11.5 Å². The number of carboxylic acids is 1. The van der Waals surface area contributed by atoms with Gasteiger partial charge < -0.3 is 26.4 Å². The van der Waals surface area contributed by atoms with E-state index in [1.807, 2.05) is 0 Å². The maximum atomic E-state index is 11.1. The van der Waals surface area contributed by atoms with Gasteiger partial charge >= 0.3 is 11.9 Å². The molecule has 0 rings (SSSR count). The van der Waals surface area contributed by atoms with Crippen LogP contribution in [0.4, 0.5) is 0 Å². The van der Waals surface area contributed by atoms with Crippen molar-refractivity contribution in [2.45, 2.75) is 50.8 Å². The van der Waals surface area contributed by atoms with Crippen molar-refractivity contribution < 1.29 is 24.5 Å². The summed E-state index contributed by atoms with van der Waals surface area (Å²) < 4.78 is 4.72. The van der Waals surface area contributed by atoms with Gasteiger partial charge in [-0.05, 0) is 19.8 Å². The molecule has 0 saturated heterocycles. The first-order valence-electron chi connectivity index (χ1n) is 5.91. The number of carbonyl (C=O) groups is 2. The van der Waals surface area contributed by atoms with Crippen molar-refractivity contribution in [1.29, 1.82) is 0 Å². The van der Waals surface area contributed by atoms with Gasteiger partial charge in [-0.2, -0.15) is 0 Å². The number of aliphatic hydroxyl groups excluding tert-OH is 1. The van der Waals surface area contributed by atoms with Crippen molar-refractivity contribution in [2.75, 3.05) is 6.61 Å². The van der Waals surface area contributed by atoms with Crippen LogP contribution in [0.5, 0.6) is 0 Å². The number of nitrogens with two attached hydrogens (primary N) is 2. The van der Waals surface area contributed by atoms with E-state index < -0.39 is 30.1 Å². The summed E-state index contributed by atoms with van der Waals surface area (Å²) in [6.07, 6.45) is -0.665. The lowest BCUT2D eigenvalue weighted by Crippen LogP contribution is -2.34. The highest BCUT2D eigenvalue weighted by Crippen LogP contribution is 2.08. The van der Waals surface area contributed by atoms with Gasteiger partial charge in [-0.25, -0.2) is 0 Å². The Morgan fingerprint density at radius 3 is 2.11 bits per heavy atom. The predicted octanol–water partition coefficient (Wildman–Crippen LogP) is -0.790. The minimum atomic E-state index is -1.01. The van der Waals surface area contributed by atoms with E-state index in [9.17, 15) is 14.7 Å². The van der Waals surface area contributed by atoms with E-state index in [4.69, 9.17) is 21.3 Å². The summed E-state index contributed by atoms with van der Waals surface area (Å²) in [5, 5.41) is 18.1. The molecule has 0 aliphatic heterocycles.